The Morgan fingerprint density at radius 2 is 1.92 bits per heavy atom. The van der Waals surface area contributed by atoms with Gasteiger partial charge in [-0.05, 0) is 17.6 Å². The van der Waals surface area contributed by atoms with Crippen molar-refractivity contribution >= 4 is 0 Å². The Labute approximate surface area is 82.7 Å². The van der Waals surface area contributed by atoms with Crippen LogP contribution in [0.3, 0.4) is 0 Å². The zero-order valence-corrected chi connectivity index (χ0v) is 7.72. The predicted molar refractivity (Wildman–Crippen MR) is 63.8 cm³/mol. The fourth-order valence-corrected chi connectivity index (χ4v) is 0.789. The Morgan fingerprint density at radius 3 is 2.31 bits per heavy atom. The number of rotatable bonds is 5. The summed E-state index contributed by atoms with van der Waals surface area (Å²) in [7, 11) is 0. The van der Waals surface area contributed by atoms with Crippen molar-refractivity contribution in [2.75, 3.05) is 0 Å². The molecule has 0 spiro atoms. The molecule has 0 heteroatoms. The molecule has 0 aromatic carbocycles. The lowest BCUT2D eigenvalue weighted by Gasteiger charge is -1.98. The lowest BCUT2D eigenvalue weighted by molar-refractivity contribution is 1.22. The van der Waals surface area contributed by atoms with Gasteiger partial charge in [-0.2, -0.15) is 0 Å². The summed E-state index contributed by atoms with van der Waals surface area (Å²) in [5, 5.41) is 0. The molecule has 0 aliphatic heterocycles. The molecule has 13 heavy (non-hydrogen) atoms. The van der Waals surface area contributed by atoms with Crippen LogP contribution in [0.15, 0.2) is 61.3 Å². The maximum atomic E-state index is 3.91. The molecule has 0 atom stereocenters. The van der Waals surface area contributed by atoms with Gasteiger partial charge in [0, 0.05) is 0 Å². The molecule has 0 fully saturated rings. The van der Waals surface area contributed by atoms with Crippen LogP contribution in [0.4, 0.5) is 0 Å². The van der Waals surface area contributed by atoms with E-state index in [1.165, 1.54) is 0 Å². The highest BCUT2D eigenvalue weighted by atomic mass is 14.0. The van der Waals surface area contributed by atoms with Gasteiger partial charge in [0.15, 0.2) is 0 Å². The molecular formula is C13H20. The lowest BCUT2D eigenvalue weighted by atomic mass is 10.1. The average molecular weight is 176 g/mol. The van der Waals surface area contributed by atoms with Crippen molar-refractivity contribution in [3.63, 3.8) is 0 Å². The molecule has 0 heterocycles. The summed E-state index contributed by atoms with van der Waals surface area (Å²) in [6.45, 7) is 13.3. The highest BCUT2D eigenvalue weighted by molar-refractivity contribution is 5.45. The molecule has 0 bridgehead atoms. The van der Waals surface area contributed by atoms with Gasteiger partial charge in [0.1, 0.15) is 0 Å². The van der Waals surface area contributed by atoms with Gasteiger partial charge in [-0.3, -0.25) is 0 Å². The highest BCUT2D eigenvalue weighted by Crippen LogP contribution is 2.10. The van der Waals surface area contributed by atoms with Crippen molar-refractivity contribution < 1.29 is 0 Å². The van der Waals surface area contributed by atoms with Gasteiger partial charge in [0.25, 0.3) is 0 Å². The summed E-state index contributed by atoms with van der Waals surface area (Å²) in [5.74, 6) is 0. The van der Waals surface area contributed by atoms with E-state index >= 15 is 0 Å². The predicted octanol–water partition coefficient (Wildman–Crippen LogP) is 4.44. The van der Waals surface area contributed by atoms with Crippen LogP contribution in [0, 0.1) is 0 Å². The minimum Gasteiger partial charge on any atom is -0.0990 e. The van der Waals surface area contributed by atoms with Crippen molar-refractivity contribution in [1.82, 2.24) is 0 Å². The molecule has 0 saturated carbocycles. The first-order valence-corrected chi connectivity index (χ1v) is 4.07. The quantitative estimate of drug-likeness (QED) is 0.543. The average Bonchev–Trinajstić information content (AvgIpc) is 2.10. The third-order valence-electron chi connectivity index (χ3n) is 1.44. The second-order valence-corrected chi connectivity index (χ2v) is 2.40. The molecule has 0 radical (unpaired) electrons. The second-order valence-electron chi connectivity index (χ2n) is 2.40. The normalized spacial score (nSPS) is 10.7. The first kappa shape index (κ1) is 14.2. The zero-order valence-electron chi connectivity index (χ0n) is 7.72. The monoisotopic (exact) mass is 176 g/mol. The molecule has 0 aromatic rings. The Balaban J connectivity index is 0. The van der Waals surface area contributed by atoms with E-state index in [1.54, 1.807) is 12.2 Å². The Bertz CT molecular complexity index is 226. The fraction of sp³-hybridized carbons (Fsp3) is 0.231. The third kappa shape index (κ3) is 5.92. The van der Waals surface area contributed by atoms with E-state index in [9.17, 15) is 0 Å². The molecule has 0 unspecified atom stereocenters. The van der Waals surface area contributed by atoms with Crippen LogP contribution in [-0.4, -0.2) is 0 Å². The van der Waals surface area contributed by atoms with Crippen molar-refractivity contribution in [2.45, 2.75) is 20.8 Å². The lowest BCUT2D eigenvalue weighted by Crippen LogP contribution is -1.78. The van der Waals surface area contributed by atoms with E-state index < -0.39 is 0 Å². The van der Waals surface area contributed by atoms with Crippen molar-refractivity contribution in [3.05, 3.63) is 61.3 Å². The van der Waals surface area contributed by atoms with Gasteiger partial charge in [0.2, 0.25) is 0 Å². The maximum Gasteiger partial charge on any atom is -0.0196 e. The van der Waals surface area contributed by atoms with Crippen molar-refractivity contribution in [3.8, 4) is 0 Å². The Kier molecular flexibility index (Phi) is 9.63. The van der Waals surface area contributed by atoms with E-state index in [0.717, 1.165) is 17.6 Å². The summed E-state index contributed by atoms with van der Waals surface area (Å²) < 4.78 is 0. The summed E-state index contributed by atoms with van der Waals surface area (Å²) >= 11 is 0. The van der Waals surface area contributed by atoms with E-state index in [4.69, 9.17) is 0 Å². The number of hydrogen-bond donors (Lipinski definition) is 0. The molecular weight excluding hydrogens is 156 g/mol. The van der Waals surface area contributed by atoms with Crippen molar-refractivity contribution in [1.29, 1.82) is 0 Å². The molecule has 72 valence electrons. The number of allylic oxidation sites excluding steroid dienone is 7. The van der Waals surface area contributed by atoms with Crippen LogP contribution in [-0.2, 0) is 0 Å². The molecule has 0 rings (SSSR count). The third-order valence-corrected chi connectivity index (χ3v) is 1.44. The SMILES string of the molecule is C.C=C/C=C(/C=C)C(=C)/C=C\CC. The zero-order chi connectivity index (χ0) is 9.40. The Morgan fingerprint density at radius 1 is 1.31 bits per heavy atom. The number of hydrogen-bond acceptors (Lipinski definition) is 0. The topological polar surface area (TPSA) is 0 Å². The van der Waals surface area contributed by atoms with Crippen LogP contribution in [0.1, 0.15) is 20.8 Å². The summed E-state index contributed by atoms with van der Waals surface area (Å²) in [6, 6.07) is 0. The van der Waals surface area contributed by atoms with Gasteiger partial charge < -0.3 is 0 Å². The van der Waals surface area contributed by atoms with Gasteiger partial charge in [0.05, 0.1) is 0 Å². The summed E-state index contributed by atoms with van der Waals surface area (Å²) in [6.07, 6.45) is 10.5. The highest BCUT2D eigenvalue weighted by Gasteiger charge is 1.90. The first-order valence-electron chi connectivity index (χ1n) is 4.07. The van der Waals surface area contributed by atoms with Gasteiger partial charge in [-0.1, -0.05) is 64.5 Å². The van der Waals surface area contributed by atoms with Crippen LogP contribution in [0.2, 0.25) is 0 Å². The first-order chi connectivity index (χ1) is 5.76. The standard InChI is InChI=1S/C12H16.CH4/c1-5-8-10-11(4)12(7-3)9-6-2;/h6-10H,2-5H2,1H3;1H4/b10-8-,12-9-;. The van der Waals surface area contributed by atoms with Gasteiger partial charge >= 0.3 is 0 Å². The smallest absolute Gasteiger partial charge is 0.0196 e. The van der Waals surface area contributed by atoms with Crippen LogP contribution < -0.4 is 0 Å². The minimum absolute atomic E-state index is 0. The van der Waals surface area contributed by atoms with Crippen LogP contribution >= 0.6 is 0 Å². The van der Waals surface area contributed by atoms with Gasteiger partial charge in [-0.15, -0.1) is 0 Å². The van der Waals surface area contributed by atoms with Crippen LogP contribution in [0.5, 0.6) is 0 Å². The largest absolute Gasteiger partial charge is 0.0990 e. The van der Waals surface area contributed by atoms with E-state index in [0.29, 0.717) is 0 Å². The minimum atomic E-state index is 0. The Hall–Kier alpha value is -1.30. The fourth-order valence-electron chi connectivity index (χ4n) is 0.789. The summed E-state index contributed by atoms with van der Waals surface area (Å²) in [5.41, 5.74) is 2.00. The van der Waals surface area contributed by atoms with E-state index in [1.807, 2.05) is 12.2 Å². The molecule has 0 amide bonds. The molecule has 0 saturated heterocycles. The molecule has 0 aliphatic rings. The molecule has 0 aromatic heterocycles. The molecule has 0 nitrogen and oxygen atoms in total. The van der Waals surface area contributed by atoms with E-state index in [2.05, 4.69) is 32.7 Å². The maximum absolute atomic E-state index is 3.91. The van der Waals surface area contributed by atoms with Crippen molar-refractivity contribution in [2.24, 2.45) is 0 Å². The van der Waals surface area contributed by atoms with Gasteiger partial charge in [-0.25, -0.2) is 0 Å². The molecule has 0 N–H and O–H groups in total. The molecule has 0 aliphatic carbocycles. The van der Waals surface area contributed by atoms with Crippen LogP contribution in [0.25, 0.3) is 0 Å². The van der Waals surface area contributed by atoms with E-state index in [-0.39, 0.29) is 7.43 Å². The second kappa shape index (κ2) is 8.79. The summed E-state index contributed by atoms with van der Waals surface area (Å²) in [4.78, 5) is 0.